The number of hydrogen-bond donors (Lipinski definition) is 2. The fourth-order valence-corrected chi connectivity index (χ4v) is 3.01. The number of piperazine rings is 1. The molecule has 0 unspecified atom stereocenters. The maximum atomic E-state index is 12.3. The van der Waals surface area contributed by atoms with Gasteiger partial charge in [-0.3, -0.25) is 14.5 Å². The van der Waals surface area contributed by atoms with Gasteiger partial charge in [-0.25, -0.2) is 0 Å². The minimum atomic E-state index is -0.455. The second-order valence-electron chi connectivity index (χ2n) is 6.35. The van der Waals surface area contributed by atoms with Gasteiger partial charge < -0.3 is 20.1 Å². The highest BCUT2D eigenvalue weighted by atomic mass is 16.5. The van der Waals surface area contributed by atoms with E-state index >= 15 is 0 Å². The molecule has 1 atom stereocenters. The zero-order valence-corrected chi connectivity index (χ0v) is 16.1. The minimum absolute atomic E-state index is 0.0982. The average Bonchev–Trinajstić information content (AvgIpc) is 2.68. The molecule has 2 rings (SSSR count). The SMILES string of the molecule is COCCCNC(=O)C[C@H]1C(=O)NCCN1C/C=C/c1ccccc1OC. The molecule has 0 bridgehead atoms. The maximum Gasteiger partial charge on any atom is 0.237 e. The second kappa shape index (κ2) is 11.4. The number of methoxy groups -OCH3 is 2. The number of rotatable bonds is 10. The van der Waals surface area contributed by atoms with Gasteiger partial charge in [-0.05, 0) is 12.5 Å². The molecule has 2 N–H and O–H groups in total. The molecule has 27 heavy (non-hydrogen) atoms. The first-order valence-electron chi connectivity index (χ1n) is 9.22. The summed E-state index contributed by atoms with van der Waals surface area (Å²) in [6.07, 6.45) is 4.89. The lowest BCUT2D eigenvalue weighted by atomic mass is 10.1. The highest BCUT2D eigenvalue weighted by Gasteiger charge is 2.30. The molecule has 7 heteroatoms. The monoisotopic (exact) mass is 375 g/mol. The number of para-hydroxylation sites is 1. The summed E-state index contributed by atoms with van der Waals surface area (Å²) < 4.78 is 10.3. The summed E-state index contributed by atoms with van der Waals surface area (Å²) in [7, 11) is 3.27. The van der Waals surface area contributed by atoms with Crippen molar-refractivity contribution in [2.75, 3.05) is 47.0 Å². The van der Waals surface area contributed by atoms with Crippen LogP contribution in [0.2, 0.25) is 0 Å². The van der Waals surface area contributed by atoms with Crippen LogP contribution in [0.1, 0.15) is 18.4 Å². The van der Waals surface area contributed by atoms with Crippen LogP contribution in [0, 0.1) is 0 Å². The standard InChI is InChI=1S/C20H29N3O4/c1-26-14-6-10-21-19(24)15-17-20(25)22-11-13-23(17)12-5-8-16-7-3-4-9-18(16)27-2/h3-5,7-9,17H,6,10-15H2,1-2H3,(H,21,24)(H,22,25)/b8-5+/t17-/m0/s1. The summed E-state index contributed by atoms with van der Waals surface area (Å²) in [5.41, 5.74) is 0.980. The Kier molecular flexibility index (Phi) is 8.80. The molecule has 2 amide bonds. The Bertz CT molecular complexity index is 648. The first-order chi connectivity index (χ1) is 13.2. The number of amides is 2. The van der Waals surface area contributed by atoms with Gasteiger partial charge in [0.1, 0.15) is 5.75 Å². The summed E-state index contributed by atoms with van der Waals surface area (Å²) in [5, 5.41) is 5.69. The van der Waals surface area contributed by atoms with Crippen LogP contribution in [0.25, 0.3) is 6.08 Å². The van der Waals surface area contributed by atoms with E-state index in [1.165, 1.54) is 0 Å². The van der Waals surface area contributed by atoms with E-state index < -0.39 is 6.04 Å². The zero-order valence-electron chi connectivity index (χ0n) is 16.1. The first kappa shape index (κ1) is 20.9. The van der Waals surface area contributed by atoms with Gasteiger partial charge in [0.05, 0.1) is 19.6 Å². The van der Waals surface area contributed by atoms with Crippen molar-refractivity contribution in [1.29, 1.82) is 0 Å². The van der Waals surface area contributed by atoms with Crippen molar-refractivity contribution < 1.29 is 19.1 Å². The van der Waals surface area contributed by atoms with Gasteiger partial charge in [0.25, 0.3) is 0 Å². The van der Waals surface area contributed by atoms with E-state index in [2.05, 4.69) is 10.6 Å². The van der Waals surface area contributed by atoms with Crippen LogP contribution in [0.15, 0.2) is 30.3 Å². The smallest absolute Gasteiger partial charge is 0.237 e. The molecule has 0 spiro atoms. The van der Waals surface area contributed by atoms with E-state index in [4.69, 9.17) is 9.47 Å². The van der Waals surface area contributed by atoms with Crippen LogP contribution in [0.3, 0.4) is 0 Å². The molecule has 1 aromatic carbocycles. The number of nitrogens with one attached hydrogen (secondary N) is 2. The number of nitrogens with zero attached hydrogens (tertiary/aromatic N) is 1. The van der Waals surface area contributed by atoms with Gasteiger partial charge in [-0.2, -0.15) is 0 Å². The number of carbonyl (C=O) groups excluding carboxylic acids is 2. The highest BCUT2D eigenvalue weighted by molar-refractivity contribution is 5.88. The largest absolute Gasteiger partial charge is 0.496 e. The topological polar surface area (TPSA) is 79.9 Å². The van der Waals surface area contributed by atoms with Gasteiger partial charge in [0, 0.05) is 45.5 Å². The third-order valence-electron chi connectivity index (χ3n) is 4.44. The molecular formula is C20H29N3O4. The van der Waals surface area contributed by atoms with Crippen molar-refractivity contribution in [2.45, 2.75) is 18.9 Å². The van der Waals surface area contributed by atoms with Gasteiger partial charge in [-0.15, -0.1) is 0 Å². The molecule has 7 nitrogen and oxygen atoms in total. The van der Waals surface area contributed by atoms with E-state index in [1.54, 1.807) is 14.2 Å². The molecule has 1 heterocycles. The molecule has 1 aromatic rings. The molecule has 1 saturated heterocycles. The fourth-order valence-electron chi connectivity index (χ4n) is 3.01. The summed E-state index contributed by atoms with van der Waals surface area (Å²) in [5.74, 6) is 0.586. The van der Waals surface area contributed by atoms with E-state index in [9.17, 15) is 9.59 Å². The lowest BCUT2D eigenvalue weighted by molar-refractivity contribution is -0.133. The molecule has 0 aromatic heterocycles. The van der Waals surface area contributed by atoms with Gasteiger partial charge >= 0.3 is 0 Å². The summed E-state index contributed by atoms with van der Waals surface area (Å²) in [4.78, 5) is 26.4. The van der Waals surface area contributed by atoms with E-state index in [-0.39, 0.29) is 18.2 Å². The van der Waals surface area contributed by atoms with Crippen molar-refractivity contribution in [2.24, 2.45) is 0 Å². The third kappa shape index (κ3) is 6.69. The number of hydrogen-bond acceptors (Lipinski definition) is 5. The molecule has 1 aliphatic rings. The molecular weight excluding hydrogens is 346 g/mol. The minimum Gasteiger partial charge on any atom is -0.496 e. The quantitative estimate of drug-likeness (QED) is 0.598. The Morgan fingerprint density at radius 2 is 2.19 bits per heavy atom. The third-order valence-corrected chi connectivity index (χ3v) is 4.44. The Morgan fingerprint density at radius 3 is 2.96 bits per heavy atom. The van der Waals surface area contributed by atoms with Crippen molar-refractivity contribution in [1.82, 2.24) is 15.5 Å². The number of benzene rings is 1. The predicted octanol–water partition coefficient (Wildman–Crippen LogP) is 1.05. The van der Waals surface area contributed by atoms with Crippen LogP contribution < -0.4 is 15.4 Å². The predicted molar refractivity (Wildman–Crippen MR) is 105 cm³/mol. The highest BCUT2D eigenvalue weighted by Crippen LogP contribution is 2.19. The number of ether oxygens (including phenoxy) is 2. The fraction of sp³-hybridized carbons (Fsp3) is 0.500. The Hall–Kier alpha value is -2.38. The molecule has 148 valence electrons. The Balaban J connectivity index is 1.91. The van der Waals surface area contributed by atoms with Gasteiger partial charge in [-0.1, -0.05) is 30.4 Å². The van der Waals surface area contributed by atoms with Gasteiger partial charge in [0.2, 0.25) is 11.8 Å². The van der Waals surface area contributed by atoms with Crippen LogP contribution in [-0.2, 0) is 14.3 Å². The van der Waals surface area contributed by atoms with Crippen molar-refractivity contribution in [3.63, 3.8) is 0 Å². The summed E-state index contributed by atoms with van der Waals surface area (Å²) in [6.45, 7) is 3.04. The van der Waals surface area contributed by atoms with Crippen LogP contribution in [0.4, 0.5) is 0 Å². The lowest BCUT2D eigenvalue weighted by Crippen LogP contribution is -2.56. The summed E-state index contributed by atoms with van der Waals surface area (Å²) in [6, 6.07) is 7.30. The van der Waals surface area contributed by atoms with E-state index in [1.807, 2.05) is 41.3 Å². The molecule has 0 saturated carbocycles. The van der Waals surface area contributed by atoms with Crippen molar-refractivity contribution in [3.05, 3.63) is 35.9 Å². The van der Waals surface area contributed by atoms with Crippen LogP contribution in [-0.4, -0.2) is 69.8 Å². The van der Waals surface area contributed by atoms with E-state index in [0.29, 0.717) is 32.8 Å². The molecule has 1 fully saturated rings. The van der Waals surface area contributed by atoms with Gasteiger partial charge in [0.15, 0.2) is 0 Å². The average molecular weight is 375 g/mol. The number of carbonyl (C=O) groups is 2. The van der Waals surface area contributed by atoms with Crippen LogP contribution >= 0.6 is 0 Å². The molecule has 0 aliphatic carbocycles. The summed E-state index contributed by atoms with van der Waals surface area (Å²) >= 11 is 0. The van der Waals surface area contributed by atoms with Crippen molar-refractivity contribution in [3.8, 4) is 5.75 Å². The lowest BCUT2D eigenvalue weighted by Gasteiger charge is -2.33. The zero-order chi connectivity index (χ0) is 19.5. The Labute approximate surface area is 160 Å². The maximum absolute atomic E-state index is 12.3. The van der Waals surface area contributed by atoms with Crippen molar-refractivity contribution >= 4 is 17.9 Å². The first-order valence-corrected chi connectivity index (χ1v) is 9.22. The Morgan fingerprint density at radius 1 is 1.37 bits per heavy atom. The second-order valence-corrected chi connectivity index (χ2v) is 6.35. The molecule has 1 aliphatic heterocycles. The van der Waals surface area contributed by atoms with Crippen LogP contribution in [0.5, 0.6) is 5.75 Å². The molecule has 0 radical (unpaired) electrons. The normalized spacial score (nSPS) is 17.7. The van der Waals surface area contributed by atoms with E-state index in [0.717, 1.165) is 17.7 Å².